The van der Waals surface area contributed by atoms with Crippen molar-refractivity contribution in [2.45, 2.75) is 24.5 Å². The van der Waals surface area contributed by atoms with Gasteiger partial charge in [0.2, 0.25) is 0 Å². The van der Waals surface area contributed by atoms with Crippen molar-refractivity contribution in [3.05, 3.63) is 41.5 Å². The third kappa shape index (κ3) is 2.28. The molecule has 1 saturated carbocycles. The number of thiophene rings is 1. The van der Waals surface area contributed by atoms with Crippen molar-refractivity contribution in [2.24, 2.45) is 7.05 Å². The topological polar surface area (TPSA) is 73.1 Å². The summed E-state index contributed by atoms with van der Waals surface area (Å²) < 4.78 is 7.17. The molecule has 0 aliphatic heterocycles. The van der Waals surface area contributed by atoms with E-state index in [4.69, 9.17) is 9.72 Å². The standard InChI is InChI=1S/C19H18N4O2S/c1-23-10-13-7-12(9-20-17(13)22-23)14-4-3-11-8-16(26-18(11)21-14)19(24)6-5-15(19)25-2/h3-4,7-10,15,24H,5-6H2,1-2H3/t15-,19-/m1/s1. The van der Waals surface area contributed by atoms with Crippen molar-refractivity contribution in [2.75, 3.05) is 7.11 Å². The van der Waals surface area contributed by atoms with Gasteiger partial charge >= 0.3 is 0 Å². The van der Waals surface area contributed by atoms with Crippen LogP contribution in [-0.4, -0.2) is 38.1 Å². The average Bonchev–Trinajstić information content (AvgIpc) is 3.21. The van der Waals surface area contributed by atoms with Gasteiger partial charge in [0, 0.05) is 47.8 Å². The Morgan fingerprint density at radius 1 is 1.31 bits per heavy atom. The van der Waals surface area contributed by atoms with Crippen molar-refractivity contribution in [1.82, 2.24) is 19.7 Å². The number of pyridine rings is 2. The van der Waals surface area contributed by atoms with Crippen LogP contribution in [-0.2, 0) is 17.4 Å². The Morgan fingerprint density at radius 2 is 2.19 bits per heavy atom. The van der Waals surface area contributed by atoms with Crippen LogP contribution in [0.5, 0.6) is 0 Å². The van der Waals surface area contributed by atoms with Crippen molar-refractivity contribution in [3.63, 3.8) is 0 Å². The molecule has 5 rings (SSSR count). The van der Waals surface area contributed by atoms with E-state index in [0.717, 1.165) is 50.2 Å². The van der Waals surface area contributed by atoms with E-state index in [-0.39, 0.29) is 6.10 Å². The highest BCUT2D eigenvalue weighted by Crippen LogP contribution is 2.47. The van der Waals surface area contributed by atoms with Crippen LogP contribution in [0.25, 0.3) is 32.5 Å². The number of rotatable bonds is 3. The fraction of sp³-hybridized carbons (Fsp3) is 0.316. The summed E-state index contributed by atoms with van der Waals surface area (Å²) >= 11 is 1.54. The molecular weight excluding hydrogens is 348 g/mol. The maximum Gasteiger partial charge on any atom is 0.181 e. The van der Waals surface area contributed by atoms with E-state index in [2.05, 4.69) is 22.2 Å². The number of aromatic nitrogens is 4. The molecule has 1 aliphatic rings. The average molecular weight is 366 g/mol. The van der Waals surface area contributed by atoms with Crippen LogP contribution in [0.15, 0.2) is 36.7 Å². The van der Waals surface area contributed by atoms with Crippen molar-refractivity contribution in [1.29, 1.82) is 0 Å². The Bertz CT molecular complexity index is 1130. The highest BCUT2D eigenvalue weighted by Gasteiger charge is 2.48. The molecule has 1 N–H and O–H groups in total. The minimum atomic E-state index is -0.879. The van der Waals surface area contributed by atoms with Crippen molar-refractivity contribution in [3.8, 4) is 11.3 Å². The molecule has 7 heteroatoms. The highest BCUT2D eigenvalue weighted by molar-refractivity contribution is 7.18. The van der Waals surface area contributed by atoms with Crippen LogP contribution >= 0.6 is 11.3 Å². The summed E-state index contributed by atoms with van der Waals surface area (Å²) in [6, 6.07) is 8.13. The molecule has 132 valence electrons. The molecule has 4 aromatic rings. The zero-order valence-corrected chi connectivity index (χ0v) is 15.3. The van der Waals surface area contributed by atoms with E-state index < -0.39 is 5.60 Å². The highest BCUT2D eigenvalue weighted by atomic mass is 32.1. The lowest BCUT2D eigenvalue weighted by molar-refractivity contribution is -0.164. The van der Waals surface area contributed by atoms with E-state index in [9.17, 15) is 5.11 Å². The number of hydrogen-bond acceptors (Lipinski definition) is 6. The number of ether oxygens (including phenoxy) is 1. The minimum absolute atomic E-state index is 0.132. The lowest BCUT2D eigenvalue weighted by atomic mass is 9.76. The number of nitrogens with zero attached hydrogens (tertiary/aromatic N) is 4. The smallest absolute Gasteiger partial charge is 0.181 e. The first-order chi connectivity index (χ1) is 12.6. The number of fused-ring (bicyclic) bond motifs is 2. The third-order valence-corrected chi connectivity index (χ3v) is 6.40. The van der Waals surface area contributed by atoms with Gasteiger partial charge in [-0.25, -0.2) is 9.97 Å². The van der Waals surface area contributed by atoms with Gasteiger partial charge in [-0.2, -0.15) is 5.10 Å². The first-order valence-electron chi connectivity index (χ1n) is 8.53. The molecule has 1 fully saturated rings. The number of aryl methyl sites for hydroxylation is 1. The molecular formula is C19H18N4O2S. The summed E-state index contributed by atoms with van der Waals surface area (Å²) in [5.41, 5.74) is 1.68. The van der Waals surface area contributed by atoms with E-state index in [1.54, 1.807) is 18.0 Å². The normalized spacial score (nSPS) is 22.8. The Morgan fingerprint density at radius 3 is 2.96 bits per heavy atom. The summed E-state index contributed by atoms with van der Waals surface area (Å²) in [7, 11) is 3.54. The Labute approximate surface area is 154 Å². The monoisotopic (exact) mass is 366 g/mol. The van der Waals surface area contributed by atoms with Crippen molar-refractivity contribution >= 4 is 32.6 Å². The Hall–Kier alpha value is -2.35. The molecule has 2 atom stereocenters. The second-order valence-electron chi connectivity index (χ2n) is 6.83. The summed E-state index contributed by atoms with van der Waals surface area (Å²) in [5, 5.41) is 17.2. The van der Waals surface area contributed by atoms with E-state index in [1.807, 2.05) is 25.4 Å². The summed E-state index contributed by atoms with van der Waals surface area (Å²) in [4.78, 5) is 11.1. The number of hydrogen-bond donors (Lipinski definition) is 1. The second kappa shape index (κ2) is 5.57. The van der Waals surface area contributed by atoms with Gasteiger partial charge < -0.3 is 9.84 Å². The van der Waals surface area contributed by atoms with Crippen LogP contribution in [0.2, 0.25) is 0 Å². The summed E-state index contributed by atoms with van der Waals surface area (Å²) in [5.74, 6) is 0. The minimum Gasteiger partial charge on any atom is -0.382 e. The first kappa shape index (κ1) is 15.9. The van der Waals surface area contributed by atoms with Gasteiger partial charge in [0.1, 0.15) is 10.4 Å². The molecule has 1 aliphatic carbocycles. The van der Waals surface area contributed by atoms with Gasteiger partial charge in [-0.15, -0.1) is 11.3 Å². The molecule has 0 aromatic carbocycles. The van der Waals surface area contributed by atoms with E-state index in [1.165, 1.54) is 11.3 Å². The largest absolute Gasteiger partial charge is 0.382 e. The molecule has 26 heavy (non-hydrogen) atoms. The SMILES string of the molecule is CO[C@@H]1CC[C@]1(O)c1cc2ccc(-c3cnc4nn(C)cc4c3)nc2s1. The van der Waals surface area contributed by atoms with Gasteiger partial charge in [0.05, 0.1) is 11.8 Å². The van der Waals surface area contributed by atoms with Gasteiger partial charge in [-0.3, -0.25) is 4.68 Å². The quantitative estimate of drug-likeness (QED) is 0.603. The van der Waals surface area contributed by atoms with Crippen LogP contribution in [0.4, 0.5) is 0 Å². The molecule has 0 unspecified atom stereocenters. The van der Waals surface area contributed by atoms with E-state index in [0.29, 0.717) is 0 Å². The molecule has 0 radical (unpaired) electrons. The lowest BCUT2D eigenvalue weighted by Crippen LogP contribution is -2.49. The maximum atomic E-state index is 10.9. The summed E-state index contributed by atoms with van der Waals surface area (Å²) in [6.07, 6.45) is 5.24. The Kier molecular flexibility index (Phi) is 3.40. The lowest BCUT2D eigenvalue weighted by Gasteiger charge is -2.43. The molecule has 4 heterocycles. The zero-order chi connectivity index (χ0) is 17.9. The summed E-state index contributed by atoms with van der Waals surface area (Å²) in [6.45, 7) is 0. The molecule has 0 saturated heterocycles. The van der Waals surface area contributed by atoms with Crippen LogP contribution in [0, 0.1) is 0 Å². The Balaban J connectivity index is 1.56. The van der Waals surface area contributed by atoms with Crippen LogP contribution in [0.1, 0.15) is 17.7 Å². The van der Waals surface area contributed by atoms with Gasteiger partial charge in [0.25, 0.3) is 0 Å². The molecule has 4 aromatic heterocycles. The predicted octanol–water partition coefficient (Wildman–Crippen LogP) is 3.24. The fourth-order valence-corrected chi connectivity index (χ4v) is 4.79. The molecule has 6 nitrogen and oxygen atoms in total. The maximum absolute atomic E-state index is 10.9. The van der Waals surface area contributed by atoms with Crippen LogP contribution in [0.3, 0.4) is 0 Å². The number of methoxy groups -OCH3 is 1. The van der Waals surface area contributed by atoms with Crippen LogP contribution < -0.4 is 0 Å². The van der Waals surface area contributed by atoms with Gasteiger partial charge in [0.15, 0.2) is 5.65 Å². The van der Waals surface area contributed by atoms with Gasteiger partial charge in [-0.1, -0.05) is 0 Å². The fourth-order valence-electron chi connectivity index (χ4n) is 3.59. The van der Waals surface area contributed by atoms with Gasteiger partial charge in [-0.05, 0) is 37.1 Å². The zero-order valence-electron chi connectivity index (χ0n) is 14.5. The number of aliphatic hydroxyl groups is 1. The molecule has 0 bridgehead atoms. The second-order valence-corrected chi connectivity index (χ2v) is 7.86. The van der Waals surface area contributed by atoms with Crippen molar-refractivity contribution < 1.29 is 9.84 Å². The van der Waals surface area contributed by atoms with E-state index >= 15 is 0 Å². The predicted molar refractivity (Wildman–Crippen MR) is 101 cm³/mol. The molecule has 0 amide bonds. The third-order valence-electron chi connectivity index (χ3n) is 5.18. The first-order valence-corrected chi connectivity index (χ1v) is 9.34. The molecule has 0 spiro atoms.